The van der Waals surface area contributed by atoms with Gasteiger partial charge in [-0.05, 0) is 92.3 Å². The number of phenols is 1. The number of unbranched alkanes of at least 4 members (excludes halogenated alkanes) is 2. The maximum atomic E-state index is 14.3. The van der Waals surface area contributed by atoms with Crippen molar-refractivity contribution in [3.8, 4) is 11.5 Å². The number of carbonyl (C=O) groups excluding carboxylic acids is 1. The molecule has 1 saturated carbocycles. The normalized spacial score (nSPS) is 25.3. The Bertz CT molecular complexity index is 1580. The van der Waals surface area contributed by atoms with Crippen LogP contribution in [0.1, 0.15) is 75.3 Å². The van der Waals surface area contributed by atoms with E-state index in [9.17, 15) is 24.5 Å². The molecule has 0 radical (unpaired) electrons. The molecule has 11 heteroatoms. The Labute approximate surface area is 306 Å². The summed E-state index contributed by atoms with van der Waals surface area (Å²) in [5.41, 5.74) is 3.04. The van der Waals surface area contributed by atoms with Crippen molar-refractivity contribution in [2.75, 3.05) is 33.0 Å². The Balaban J connectivity index is 1.76. The first-order chi connectivity index (χ1) is 25.3. The number of aromatic hydroxyl groups is 1. The van der Waals surface area contributed by atoms with Gasteiger partial charge in [-0.3, -0.25) is 4.90 Å². The van der Waals surface area contributed by atoms with E-state index in [0.29, 0.717) is 42.9 Å². The lowest BCUT2D eigenvalue weighted by Gasteiger charge is -2.59. The molecule has 0 spiro atoms. The van der Waals surface area contributed by atoms with Crippen molar-refractivity contribution < 1.29 is 43.6 Å². The largest absolute Gasteiger partial charge is 0.508 e. The van der Waals surface area contributed by atoms with E-state index in [1.165, 1.54) is 12.1 Å². The second kappa shape index (κ2) is 18.5. The molecule has 3 aliphatic rings. The first kappa shape index (κ1) is 39.0. The number of rotatable bonds is 19. The van der Waals surface area contributed by atoms with Gasteiger partial charge in [-0.1, -0.05) is 48.4 Å². The van der Waals surface area contributed by atoms with Crippen molar-refractivity contribution in [1.82, 2.24) is 4.90 Å². The maximum Gasteiger partial charge on any atom is 0.410 e. The summed E-state index contributed by atoms with van der Waals surface area (Å²) in [5.74, 6) is -1.95. The van der Waals surface area contributed by atoms with Gasteiger partial charge < -0.3 is 34.4 Å². The van der Waals surface area contributed by atoms with Gasteiger partial charge in [0.05, 0.1) is 24.8 Å². The standard InChI is InChI=1S/C41H53FN2O8/c1-4-7-23-49-40(48)44(27-28-14-16-30(42)17-15-28)37-26-35(43-51-6-3)33-24-29(12-8-10-20-45)32(13-9-11-21-46)38-34-25-31(47)18-19-36(34)52-41(37,39(33)38)50-22-5-2/h4-5,14-19,24-25,29,32,37-39,45-47H,1-2,6-13,20-23,26-27H2,3H3. The van der Waals surface area contributed by atoms with Gasteiger partial charge in [-0.2, -0.15) is 0 Å². The topological polar surface area (TPSA) is 130 Å². The summed E-state index contributed by atoms with van der Waals surface area (Å²) in [6.07, 6.45) is 10.1. The van der Waals surface area contributed by atoms with Gasteiger partial charge in [0.2, 0.25) is 5.79 Å². The van der Waals surface area contributed by atoms with Crippen LogP contribution in [0.2, 0.25) is 0 Å². The average Bonchev–Trinajstić information content (AvgIpc) is 3.14. The van der Waals surface area contributed by atoms with E-state index in [1.807, 2.05) is 6.92 Å². The monoisotopic (exact) mass is 720 g/mol. The molecule has 10 nitrogen and oxygen atoms in total. The summed E-state index contributed by atoms with van der Waals surface area (Å²) in [6.45, 7) is 10.3. The summed E-state index contributed by atoms with van der Waals surface area (Å²) in [6, 6.07) is 10.3. The van der Waals surface area contributed by atoms with Gasteiger partial charge in [0.1, 0.15) is 30.0 Å². The van der Waals surface area contributed by atoms with E-state index in [1.54, 1.807) is 47.4 Å². The number of carbonyl (C=O) groups is 1. The molecular formula is C41H53FN2O8. The summed E-state index contributed by atoms with van der Waals surface area (Å²) in [7, 11) is 0. The number of amides is 1. The van der Waals surface area contributed by atoms with Crippen molar-refractivity contribution in [3.05, 3.63) is 96.4 Å². The summed E-state index contributed by atoms with van der Waals surface area (Å²) >= 11 is 0. The lowest BCUT2D eigenvalue weighted by Crippen LogP contribution is -2.70. The van der Waals surface area contributed by atoms with Crippen molar-refractivity contribution in [3.63, 3.8) is 0 Å². The van der Waals surface area contributed by atoms with E-state index in [2.05, 4.69) is 24.4 Å². The van der Waals surface area contributed by atoms with Gasteiger partial charge >= 0.3 is 6.09 Å². The number of allylic oxidation sites excluding steroid dienone is 1. The van der Waals surface area contributed by atoms with Gasteiger partial charge in [-0.25, -0.2) is 9.18 Å². The number of aliphatic hydroxyl groups is 2. The van der Waals surface area contributed by atoms with E-state index >= 15 is 0 Å². The number of ether oxygens (including phenoxy) is 3. The van der Waals surface area contributed by atoms with E-state index in [4.69, 9.17) is 19.0 Å². The number of benzene rings is 2. The lowest BCUT2D eigenvalue weighted by molar-refractivity contribution is -0.256. The highest BCUT2D eigenvalue weighted by atomic mass is 19.1. The van der Waals surface area contributed by atoms with Crippen LogP contribution in [0.5, 0.6) is 11.5 Å². The Kier molecular flexibility index (Phi) is 13.9. The van der Waals surface area contributed by atoms with Crippen molar-refractivity contribution in [2.24, 2.45) is 22.9 Å². The first-order valence-corrected chi connectivity index (χ1v) is 18.5. The second-order valence-electron chi connectivity index (χ2n) is 13.7. The van der Waals surface area contributed by atoms with Gasteiger partial charge in [0.15, 0.2) is 0 Å². The Morgan fingerprint density at radius 3 is 2.52 bits per heavy atom. The maximum absolute atomic E-state index is 14.3. The van der Waals surface area contributed by atoms with Crippen LogP contribution in [-0.4, -0.2) is 76.9 Å². The fourth-order valence-corrected chi connectivity index (χ4v) is 8.20. The molecule has 0 bridgehead atoms. The number of halogens is 1. The molecule has 52 heavy (non-hydrogen) atoms. The predicted octanol–water partition coefficient (Wildman–Crippen LogP) is 7.40. The minimum absolute atomic E-state index is 0.0207. The third kappa shape index (κ3) is 8.54. The molecule has 0 aromatic heterocycles. The summed E-state index contributed by atoms with van der Waals surface area (Å²) < 4.78 is 33.9. The Morgan fingerprint density at radius 2 is 1.83 bits per heavy atom. The first-order valence-electron chi connectivity index (χ1n) is 18.5. The zero-order chi connectivity index (χ0) is 37.1. The number of nitrogens with zero attached hydrogens (tertiary/aromatic N) is 2. The fourth-order valence-electron chi connectivity index (χ4n) is 8.20. The molecule has 282 valence electrons. The van der Waals surface area contributed by atoms with Gasteiger partial charge in [0, 0.05) is 37.7 Å². The van der Waals surface area contributed by atoms with Crippen molar-refractivity contribution in [1.29, 1.82) is 0 Å². The zero-order valence-electron chi connectivity index (χ0n) is 30.1. The molecule has 2 aromatic carbocycles. The molecule has 1 heterocycles. The molecule has 1 amide bonds. The van der Waals surface area contributed by atoms with Crippen LogP contribution in [0, 0.1) is 23.6 Å². The number of fused-ring (bicyclic) bond motifs is 2. The van der Waals surface area contributed by atoms with Gasteiger partial charge in [-0.15, -0.1) is 13.2 Å². The Hall–Kier alpha value is -4.19. The number of oxime groups is 1. The van der Waals surface area contributed by atoms with Crippen molar-refractivity contribution >= 4 is 11.8 Å². The number of phenolic OH excluding ortho intramolecular Hbond substituents is 1. The second-order valence-corrected chi connectivity index (χ2v) is 13.7. The third-order valence-electron chi connectivity index (χ3n) is 10.4. The zero-order valence-corrected chi connectivity index (χ0v) is 30.1. The quantitative estimate of drug-likeness (QED) is 0.0778. The lowest BCUT2D eigenvalue weighted by atomic mass is 9.55. The smallest absolute Gasteiger partial charge is 0.410 e. The van der Waals surface area contributed by atoms with Crippen LogP contribution in [0.15, 0.2) is 84.6 Å². The average molecular weight is 721 g/mol. The van der Waals surface area contributed by atoms with Crippen LogP contribution in [0.3, 0.4) is 0 Å². The number of aliphatic hydroxyl groups excluding tert-OH is 2. The van der Waals surface area contributed by atoms with E-state index in [-0.39, 0.29) is 62.9 Å². The molecule has 2 aromatic rings. The fraction of sp³-hybridized carbons (Fsp3) is 0.512. The third-order valence-corrected chi connectivity index (χ3v) is 10.4. The van der Waals surface area contributed by atoms with Crippen molar-refractivity contribution in [2.45, 2.75) is 82.6 Å². The molecule has 0 saturated heterocycles. The van der Waals surface area contributed by atoms with Crippen LogP contribution >= 0.6 is 0 Å². The SMILES string of the molecule is C=CCCOC(=O)N(Cc1ccc(F)cc1)C1CC(=NOCC)C2=CC(CCCCO)C(CCCCO)C3c4cc(O)ccc4OC1(OCC=C)C23. The number of hydrogen-bond donors (Lipinski definition) is 3. The molecule has 6 unspecified atom stereocenters. The molecule has 1 fully saturated rings. The molecule has 2 aliphatic carbocycles. The van der Waals surface area contributed by atoms with E-state index < -0.39 is 29.7 Å². The molecule has 1 aliphatic heterocycles. The number of hydrogen-bond acceptors (Lipinski definition) is 9. The van der Waals surface area contributed by atoms with Crippen LogP contribution < -0.4 is 4.74 Å². The van der Waals surface area contributed by atoms with Gasteiger partial charge in [0.25, 0.3) is 0 Å². The highest BCUT2D eigenvalue weighted by Crippen LogP contribution is 2.62. The highest BCUT2D eigenvalue weighted by molar-refractivity contribution is 6.03. The minimum Gasteiger partial charge on any atom is -0.508 e. The van der Waals surface area contributed by atoms with E-state index in [0.717, 1.165) is 36.8 Å². The molecule has 6 atom stereocenters. The molecular weight excluding hydrogens is 667 g/mol. The summed E-state index contributed by atoms with van der Waals surface area (Å²) in [5, 5.41) is 35.0. The molecule has 5 rings (SSSR count). The predicted molar refractivity (Wildman–Crippen MR) is 196 cm³/mol. The molecule has 3 N–H and O–H groups in total. The van der Waals surface area contributed by atoms with Crippen LogP contribution in [-0.2, 0) is 20.9 Å². The van der Waals surface area contributed by atoms with Crippen LogP contribution in [0.25, 0.3) is 0 Å². The van der Waals surface area contributed by atoms with Crippen LogP contribution in [0.4, 0.5) is 9.18 Å². The Morgan fingerprint density at radius 1 is 1.08 bits per heavy atom. The summed E-state index contributed by atoms with van der Waals surface area (Å²) in [4.78, 5) is 21.6. The highest BCUT2D eigenvalue weighted by Gasteiger charge is 2.65. The minimum atomic E-state index is -1.48.